The zero-order chi connectivity index (χ0) is 13.2. The van der Waals surface area contributed by atoms with Gasteiger partial charge in [0.15, 0.2) is 10.8 Å². The van der Waals surface area contributed by atoms with Gasteiger partial charge in [-0.05, 0) is 5.92 Å². The molecule has 2 heterocycles. The molecule has 0 amide bonds. The van der Waals surface area contributed by atoms with Crippen LogP contribution >= 0.6 is 11.3 Å². The van der Waals surface area contributed by atoms with Crippen LogP contribution in [0.15, 0.2) is 36.7 Å². The molecule has 0 bridgehead atoms. The molecule has 5 heteroatoms. The van der Waals surface area contributed by atoms with Crippen LogP contribution in [-0.4, -0.2) is 20.2 Å². The molecule has 0 radical (unpaired) electrons. The molecule has 1 aromatic carbocycles. The Morgan fingerprint density at radius 2 is 1.95 bits per heavy atom. The summed E-state index contributed by atoms with van der Waals surface area (Å²) in [4.78, 5) is 10.2. The fourth-order valence-electron chi connectivity index (χ4n) is 1.94. The molecule has 2 aromatic heterocycles. The van der Waals surface area contributed by atoms with E-state index in [2.05, 4.69) is 41.2 Å². The van der Waals surface area contributed by atoms with Crippen molar-refractivity contribution in [2.75, 3.05) is 0 Å². The number of thiazole rings is 1. The largest absolute Gasteiger partial charge is 0.257 e. The lowest BCUT2D eigenvalue weighted by atomic mass is 10.1. The van der Waals surface area contributed by atoms with Gasteiger partial charge in [-0.15, -0.1) is 11.3 Å². The molecule has 0 aliphatic carbocycles. The number of benzene rings is 1. The maximum Gasteiger partial charge on any atom is 0.184 e. The van der Waals surface area contributed by atoms with Gasteiger partial charge in [0.1, 0.15) is 6.33 Å². The van der Waals surface area contributed by atoms with E-state index in [0.29, 0.717) is 5.92 Å². The molecule has 0 saturated carbocycles. The van der Waals surface area contributed by atoms with Crippen molar-refractivity contribution in [3.8, 4) is 22.1 Å². The summed E-state index contributed by atoms with van der Waals surface area (Å²) in [6, 6.07) is 10.3. The first-order valence-electron chi connectivity index (χ1n) is 6.17. The summed E-state index contributed by atoms with van der Waals surface area (Å²) in [6.45, 7) is 4.37. The molecular weight excluding hydrogens is 256 g/mol. The molecule has 0 unspecified atom stereocenters. The van der Waals surface area contributed by atoms with Crippen LogP contribution in [0, 0.1) is 0 Å². The van der Waals surface area contributed by atoms with Crippen molar-refractivity contribution in [2.45, 2.75) is 19.8 Å². The summed E-state index contributed by atoms with van der Waals surface area (Å²) in [5, 5.41) is 7.65. The predicted molar refractivity (Wildman–Crippen MR) is 77.0 cm³/mol. The van der Waals surface area contributed by atoms with Gasteiger partial charge in [-0.1, -0.05) is 44.2 Å². The minimum absolute atomic E-state index is 0.435. The zero-order valence-electron chi connectivity index (χ0n) is 10.8. The predicted octanol–water partition coefficient (Wildman–Crippen LogP) is 3.72. The van der Waals surface area contributed by atoms with Crippen LogP contribution in [0.3, 0.4) is 0 Å². The topological polar surface area (TPSA) is 54.5 Å². The van der Waals surface area contributed by atoms with E-state index in [9.17, 15) is 0 Å². The van der Waals surface area contributed by atoms with E-state index >= 15 is 0 Å². The van der Waals surface area contributed by atoms with E-state index in [1.807, 2.05) is 18.2 Å². The fourth-order valence-corrected chi connectivity index (χ4v) is 2.97. The summed E-state index contributed by atoms with van der Waals surface area (Å²) in [6.07, 6.45) is 1.51. The highest BCUT2D eigenvalue weighted by molar-refractivity contribution is 7.15. The monoisotopic (exact) mass is 270 g/mol. The molecule has 0 fully saturated rings. The van der Waals surface area contributed by atoms with Crippen LogP contribution in [0.2, 0.25) is 0 Å². The Kier molecular flexibility index (Phi) is 3.13. The lowest BCUT2D eigenvalue weighted by molar-refractivity contribution is 0.888. The van der Waals surface area contributed by atoms with E-state index in [4.69, 9.17) is 4.98 Å². The summed E-state index contributed by atoms with van der Waals surface area (Å²) in [7, 11) is 0. The molecule has 3 aromatic rings. The van der Waals surface area contributed by atoms with Gasteiger partial charge in [0, 0.05) is 10.4 Å². The maximum atomic E-state index is 4.73. The molecule has 3 rings (SSSR count). The normalized spacial score (nSPS) is 11.1. The molecule has 0 saturated heterocycles. The quantitative estimate of drug-likeness (QED) is 0.789. The van der Waals surface area contributed by atoms with Gasteiger partial charge in [-0.25, -0.2) is 9.97 Å². The Morgan fingerprint density at radius 3 is 2.58 bits per heavy atom. The Labute approximate surface area is 115 Å². The summed E-state index contributed by atoms with van der Waals surface area (Å²) >= 11 is 1.68. The van der Waals surface area contributed by atoms with Crippen molar-refractivity contribution < 1.29 is 0 Å². The number of hydrogen-bond acceptors (Lipinski definition) is 4. The maximum absolute atomic E-state index is 4.73. The van der Waals surface area contributed by atoms with E-state index < -0.39 is 0 Å². The van der Waals surface area contributed by atoms with Crippen molar-refractivity contribution >= 4 is 11.3 Å². The van der Waals surface area contributed by atoms with Crippen molar-refractivity contribution in [1.82, 2.24) is 20.2 Å². The van der Waals surface area contributed by atoms with Crippen LogP contribution in [-0.2, 0) is 0 Å². The SMILES string of the molecule is CC(C)c1sc(-c2ncn[nH]2)nc1-c1ccccc1. The third-order valence-electron chi connectivity index (χ3n) is 2.84. The van der Waals surface area contributed by atoms with E-state index in [0.717, 1.165) is 22.1 Å². The van der Waals surface area contributed by atoms with Gasteiger partial charge in [0.2, 0.25) is 0 Å². The highest BCUT2D eigenvalue weighted by Crippen LogP contribution is 2.36. The molecule has 0 aliphatic rings. The Morgan fingerprint density at radius 1 is 1.16 bits per heavy atom. The first-order chi connectivity index (χ1) is 9.25. The summed E-state index contributed by atoms with van der Waals surface area (Å²) in [5.41, 5.74) is 2.19. The first-order valence-corrected chi connectivity index (χ1v) is 6.99. The van der Waals surface area contributed by atoms with E-state index in [1.54, 1.807) is 11.3 Å². The van der Waals surface area contributed by atoms with Crippen molar-refractivity contribution in [1.29, 1.82) is 0 Å². The molecular formula is C14H14N4S. The second-order valence-electron chi connectivity index (χ2n) is 4.59. The van der Waals surface area contributed by atoms with Crippen LogP contribution in [0.25, 0.3) is 22.1 Å². The van der Waals surface area contributed by atoms with E-state index in [-0.39, 0.29) is 0 Å². The molecule has 0 atom stereocenters. The molecule has 4 nitrogen and oxygen atoms in total. The molecule has 1 N–H and O–H groups in total. The Bertz CT molecular complexity index is 656. The number of aromatic amines is 1. The highest BCUT2D eigenvalue weighted by atomic mass is 32.1. The highest BCUT2D eigenvalue weighted by Gasteiger charge is 2.17. The van der Waals surface area contributed by atoms with Crippen LogP contribution in [0.1, 0.15) is 24.6 Å². The summed E-state index contributed by atoms with van der Waals surface area (Å²) < 4.78 is 0. The van der Waals surface area contributed by atoms with Gasteiger partial charge in [0.05, 0.1) is 5.69 Å². The van der Waals surface area contributed by atoms with Gasteiger partial charge >= 0.3 is 0 Å². The van der Waals surface area contributed by atoms with Crippen LogP contribution in [0.4, 0.5) is 0 Å². The zero-order valence-corrected chi connectivity index (χ0v) is 11.6. The molecule has 96 valence electrons. The van der Waals surface area contributed by atoms with E-state index in [1.165, 1.54) is 11.2 Å². The standard InChI is InChI=1S/C14H14N4S/c1-9(2)12-11(10-6-4-3-5-7-10)17-14(19-12)13-15-8-16-18-13/h3-9H,1-2H3,(H,15,16,18). The van der Waals surface area contributed by atoms with Gasteiger partial charge < -0.3 is 0 Å². The molecule has 19 heavy (non-hydrogen) atoms. The number of nitrogens with one attached hydrogen (secondary N) is 1. The van der Waals surface area contributed by atoms with Gasteiger partial charge in [-0.3, -0.25) is 5.10 Å². The lowest BCUT2D eigenvalue weighted by Crippen LogP contribution is -1.87. The Hall–Kier alpha value is -2.01. The third kappa shape index (κ3) is 2.29. The third-order valence-corrected chi connectivity index (χ3v) is 4.21. The average molecular weight is 270 g/mol. The van der Waals surface area contributed by atoms with Crippen molar-refractivity contribution in [3.05, 3.63) is 41.5 Å². The number of nitrogens with zero attached hydrogens (tertiary/aromatic N) is 3. The number of H-pyrrole nitrogens is 1. The average Bonchev–Trinajstić information content (AvgIpc) is 3.08. The molecule has 0 aliphatic heterocycles. The number of rotatable bonds is 3. The summed E-state index contributed by atoms with van der Waals surface area (Å²) in [5.74, 6) is 1.17. The minimum atomic E-state index is 0.435. The van der Waals surface area contributed by atoms with Crippen molar-refractivity contribution in [3.63, 3.8) is 0 Å². The second kappa shape index (κ2) is 4.93. The lowest BCUT2D eigenvalue weighted by Gasteiger charge is -2.04. The minimum Gasteiger partial charge on any atom is -0.257 e. The van der Waals surface area contributed by atoms with Crippen molar-refractivity contribution in [2.24, 2.45) is 0 Å². The second-order valence-corrected chi connectivity index (χ2v) is 5.62. The van der Waals surface area contributed by atoms with Gasteiger partial charge in [0.25, 0.3) is 0 Å². The van der Waals surface area contributed by atoms with Crippen LogP contribution in [0.5, 0.6) is 0 Å². The first kappa shape index (κ1) is 12.0. The fraction of sp³-hybridized carbons (Fsp3) is 0.214. The molecule has 0 spiro atoms. The smallest absolute Gasteiger partial charge is 0.184 e. The van der Waals surface area contributed by atoms with Crippen LogP contribution < -0.4 is 0 Å². The Balaban J connectivity index is 2.13. The number of hydrogen-bond donors (Lipinski definition) is 1. The van der Waals surface area contributed by atoms with Gasteiger partial charge in [-0.2, -0.15) is 5.10 Å². The number of aromatic nitrogens is 4.